The Morgan fingerprint density at radius 2 is 0.484 bits per heavy atom. The molecule has 0 aliphatic heterocycles. The maximum atomic E-state index is 2.42. The van der Waals surface area contributed by atoms with Crippen molar-refractivity contribution in [3.05, 3.63) is 243 Å². The van der Waals surface area contributed by atoms with Gasteiger partial charge < -0.3 is 9.13 Å². The maximum absolute atomic E-state index is 2.42. The van der Waals surface area contributed by atoms with Crippen molar-refractivity contribution >= 4 is 43.6 Å². The summed E-state index contributed by atoms with van der Waals surface area (Å²) in [7, 11) is 0. The van der Waals surface area contributed by atoms with E-state index in [1.54, 1.807) is 0 Å². The summed E-state index contributed by atoms with van der Waals surface area (Å²) in [6, 6.07) is 88.3. The van der Waals surface area contributed by atoms with Crippen LogP contribution in [0.5, 0.6) is 0 Å². The van der Waals surface area contributed by atoms with Crippen LogP contribution in [0.1, 0.15) is 0 Å². The molecule has 0 aliphatic carbocycles. The molecule has 12 rings (SSSR count). The lowest BCUT2D eigenvalue weighted by Crippen LogP contribution is -1.94. The van der Waals surface area contributed by atoms with Gasteiger partial charge in [0, 0.05) is 32.9 Å². The number of para-hydroxylation sites is 2. The molecule has 12 aromatic rings. The van der Waals surface area contributed by atoms with E-state index in [9.17, 15) is 0 Å². The van der Waals surface area contributed by atoms with Crippen molar-refractivity contribution in [2.24, 2.45) is 0 Å². The topological polar surface area (TPSA) is 9.86 Å². The highest BCUT2D eigenvalue weighted by molar-refractivity contribution is 6.12. The van der Waals surface area contributed by atoms with Gasteiger partial charge in [0.05, 0.1) is 22.1 Å². The highest BCUT2D eigenvalue weighted by Crippen LogP contribution is 2.39. The van der Waals surface area contributed by atoms with E-state index >= 15 is 0 Å². The molecule has 0 amide bonds. The second kappa shape index (κ2) is 14.8. The van der Waals surface area contributed by atoms with Crippen LogP contribution in [0.3, 0.4) is 0 Å². The lowest BCUT2D eigenvalue weighted by Gasteiger charge is -2.11. The summed E-state index contributed by atoms with van der Waals surface area (Å²) in [5.41, 5.74) is 19.2. The molecule has 0 aliphatic rings. The fourth-order valence-electron chi connectivity index (χ4n) is 9.44. The zero-order chi connectivity index (χ0) is 41.0. The summed E-state index contributed by atoms with van der Waals surface area (Å²) in [6.45, 7) is 0. The van der Waals surface area contributed by atoms with Crippen LogP contribution in [0, 0.1) is 0 Å². The second-order valence-electron chi connectivity index (χ2n) is 16.1. The van der Waals surface area contributed by atoms with Gasteiger partial charge in [-0.05, 0) is 110 Å². The molecule has 0 fully saturated rings. The van der Waals surface area contributed by atoms with Gasteiger partial charge in [0.1, 0.15) is 0 Å². The van der Waals surface area contributed by atoms with Crippen LogP contribution in [-0.4, -0.2) is 9.13 Å². The first-order chi connectivity index (χ1) is 30.7. The molecular weight excluding hydrogens is 749 g/mol. The smallest absolute Gasteiger partial charge is 0.0547 e. The van der Waals surface area contributed by atoms with E-state index in [0.29, 0.717) is 0 Å². The molecule has 0 saturated heterocycles. The van der Waals surface area contributed by atoms with Gasteiger partial charge in [-0.1, -0.05) is 188 Å². The average molecular weight is 789 g/mol. The highest BCUT2D eigenvalue weighted by Gasteiger charge is 2.17. The molecule has 2 aromatic heterocycles. The van der Waals surface area contributed by atoms with E-state index < -0.39 is 0 Å². The second-order valence-corrected chi connectivity index (χ2v) is 16.1. The predicted octanol–water partition coefficient (Wildman–Crippen LogP) is 16.2. The number of benzene rings is 10. The summed E-state index contributed by atoms with van der Waals surface area (Å²) in [4.78, 5) is 0. The number of fused-ring (bicyclic) bond motifs is 6. The zero-order valence-corrected chi connectivity index (χ0v) is 34.0. The first-order valence-electron chi connectivity index (χ1n) is 21.3. The van der Waals surface area contributed by atoms with Gasteiger partial charge in [-0.15, -0.1) is 0 Å². The lowest BCUT2D eigenvalue weighted by atomic mass is 10.00. The van der Waals surface area contributed by atoms with Gasteiger partial charge in [0.2, 0.25) is 0 Å². The van der Waals surface area contributed by atoms with Crippen LogP contribution in [0.25, 0.3) is 111 Å². The molecule has 0 saturated carbocycles. The largest absolute Gasteiger partial charge is 0.309 e. The van der Waals surface area contributed by atoms with Crippen LogP contribution in [0.2, 0.25) is 0 Å². The van der Waals surface area contributed by atoms with Crippen molar-refractivity contribution in [2.75, 3.05) is 0 Å². The Balaban J connectivity index is 0.897. The lowest BCUT2D eigenvalue weighted by molar-refractivity contribution is 1.18. The van der Waals surface area contributed by atoms with Gasteiger partial charge >= 0.3 is 0 Å². The van der Waals surface area contributed by atoms with E-state index in [0.717, 1.165) is 11.4 Å². The van der Waals surface area contributed by atoms with Crippen LogP contribution >= 0.6 is 0 Å². The van der Waals surface area contributed by atoms with Gasteiger partial charge in [-0.25, -0.2) is 0 Å². The number of rotatable bonds is 7. The normalized spacial score (nSPS) is 11.5. The molecule has 2 heteroatoms. The van der Waals surface area contributed by atoms with E-state index in [4.69, 9.17) is 0 Å². The summed E-state index contributed by atoms with van der Waals surface area (Å²) in [5, 5.41) is 4.99. The Bertz CT molecular complexity index is 3560. The highest BCUT2D eigenvalue weighted by atomic mass is 15.0. The molecule has 0 bridgehead atoms. The first kappa shape index (κ1) is 35.7. The minimum atomic E-state index is 1.15. The van der Waals surface area contributed by atoms with Crippen molar-refractivity contribution in [3.63, 3.8) is 0 Å². The number of aromatic nitrogens is 2. The number of hydrogen-bond acceptors (Lipinski definition) is 0. The molecule has 0 unspecified atom stereocenters. The predicted molar refractivity (Wildman–Crippen MR) is 262 cm³/mol. The van der Waals surface area contributed by atoms with E-state index in [1.807, 2.05) is 0 Å². The number of nitrogens with zero attached hydrogens (tertiary/aromatic N) is 2. The van der Waals surface area contributed by atoms with Crippen molar-refractivity contribution < 1.29 is 0 Å². The fraction of sp³-hybridized carbons (Fsp3) is 0. The third-order valence-electron chi connectivity index (χ3n) is 12.6. The Hall–Kier alpha value is -8.20. The fourth-order valence-corrected chi connectivity index (χ4v) is 9.44. The molecular formula is C60H40N2. The third-order valence-corrected chi connectivity index (χ3v) is 12.6. The third kappa shape index (κ3) is 6.12. The quantitative estimate of drug-likeness (QED) is 0.152. The Labute approximate surface area is 360 Å². The van der Waals surface area contributed by atoms with E-state index in [-0.39, 0.29) is 0 Å². The van der Waals surface area contributed by atoms with Gasteiger partial charge in [0.15, 0.2) is 0 Å². The molecule has 0 N–H and O–H groups in total. The van der Waals surface area contributed by atoms with Gasteiger partial charge in [-0.2, -0.15) is 0 Å². The van der Waals surface area contributed by atoms with Crippen LogP contribution in [0.15, 0.2) is 243 Å². The molecule has 2 heterocycles. The minimum Gasteiger partial charge on any atom is -0.309 e. The molecule has 0 atom stereocenters. The van der Waals surface area contributed by atoms with Crippen molar-refractivity contribution in [1.29, 1.82) is 0 Å². The SMILES string of the molecule is c1ccc(-c2ccc(-c3ccc(-n4c5ccccc5c5cc(-c6ccc7c8ccccc8n(-c8ccc(-c9ccc(-c%10ccccc%10)cc9)cc8)c7c6)ccc54)cc3)cc2)cc1. The van der Waals surface area contributed by atoms with Gasteiger partial charge in [-0.3, -0.25) is 0 Å². The van der Waals surface area contributed by atoms with E-state index in [2.05, 4.69) is 252 Å². The van der Waals surface area contributed by atoms with Crippen molar-refractivity contribution in [1.82, 2.24) is 9.13 Å². The summed E-state index contributed by atoms with van der Waals surface area (Å²) in [6.07, 6.45) is 0. The molecule has 290 valence electrons. The maximum Gasteiger partial charge on any atom is 0.0547 e. The van der Waals surface area contributed by atoms with Crippen molar-refractivity contribution in [2.45, 2.75) is 0 Å². The standard InChI is InChI=1S/C60H40N2/c1-3-11-41(12-4-1)43-19-23-45(24-20-43)47-27-33-51(34-28-47)61-58-18-10-8-16-54(58)56-39-49(32-38-59(56)61)50-31-37-55-53-15-7-9-17-57(53)62(60(55)40-50)52-35-29-48(30-36-52)46-25-21-44(22-26-46)42-13-5-2-6-14-42/h1-40H. The molecule has 0 radical (unpaired) electrons. The molecule has 62 heavy (non-hydrogen) atoms. The minimum absolute atomic E-state index is 1.15. The van der Waals surface area contributed by atoms with E-state index in [1.165, 1.54) is 99.2 Å². The average Bonchev–Trinajstić information content (AvgIpc) is 3.87. The Morgan fingerprint density at radius 1 is 0.177 bits per heavy atom. The van der Waals surface area contributed by atoms with Gasteiger partial charge in [0.25, 0.3) is 0 Å². The Morgan fingerprint density at radius 3 is 0.968 bits per heavy atom. The molecule has 0 spiro atoms. The van der Waals surface area contributed by atoms with Crippen LogP contribution < -0.4 is 0 Å². The van der Waals surface area contributed by atoms with Crippen LogP contribution in [0.4, 0.5) is 0 Å². The monoisotopic (exact) mass is 788 g/mol. The summed E-state index contributed by atoms with van der Waals surface area (Å²) in [5.74, 6) is 0. The molecule has 2 nitrogen and oxygen atoms in total. The first-order valence-corrected chi connectivity index (χ1v) is 21.3. The summed E-state index contributed by atoms with van der Waals surface area (Å²) < 4.78 is 4.82. The Kier molecular flexibility index (Phi) is 8.53. The van der Waals surface area contributed by atoms with Crippen LogP contribution in [-0.2, 0) is 0 Å². The van der Waals surface area contributed by atoms with Crippen molar-refractivity contribution in [3.8, 4) is 67.0 Å². The zero-order valence-electron chi connectivity index (χ0n) is 34.0. The molecule has 10 aromatic carbocycles. The summed E-state index contributed by atoms with van der Waals surface area (Å²) >= 11 is 0. The number of hydrogen-bond donors (Lipinski definition) is 0.